The number of alkyl halides is 6. The van der Waals surface area contributed by atoms with E-state index >= 15 is 0 Å². The number of rotatable bonds is 5. The SMILES string of the molecule is Cc1cn(-c2nc(Nc3cc(C(F)(F)F)cc(C(F)(F)F)c3)ncc2F)cc1CN(C)C. The van der Waals surface area contributed by atoms with E-state index in [4.69, 9.17) is 0 Å². The smallest absolute Gasteiger partial charge is 0.324 e. The molecule has 0 saturated heterocycles. The number of aryl methyl sites for hydroxylation is 1. The second-order valence-corrected chi connectivity index (χ2v) is 7.40. The Morgan fingerprint density at radius 3 is 2.09 bits per heavy atom. The monoisotopic (exact) mass is 461 g/mol. The number of hydrogen-bond donors (Lipinski definition) is 1. The number of nitrogens with one attached hydrogen (secondary N) is 1. The minimum Gasteiger partial charge on any atom is -0.324 e. The average molecular weight is 461 g/mol. The predicted molar refractivity (Wildman–Crippen MR) is 103 cm³/mol. The van der Waals surface area contributed by atoms with E-state index in [1.54, 1.807) is 12.4 Å². The lowest BCUT2D eigenvalue weighted by Crippen LogP contribution is -2.12. The van der Waals surface area contributed by atoms with Crippen LogP contribution in [0.5, 0.6) is 0 Å². The number of halogens is 7. The van der Waals surface area contributed by atoms with Crippen LogP contribution >= 0.6 is 0 Å². The largest absolute Gasteiger partial charge is 0.416 e. The van der Waals surface area contributed by atoms with Crippen molar-refractivity contribution in [1.82, 2.24) is 19.4 Å². The number of nitrogens with zero attached hydrogens (tertiary/aromatic N) is 4. The molecule has 0 radical (unpaired) electrons. The van der Waals surface area contributed by atoms with Gasteiger partial charge in [0.15, 0.2) is 11.6 Å². The van der Waals surface area contributed by atoms with Crippen LogP contribution in [0.3, 0.4) is 0 Å². The van der Waals surface area contributed by atoms with Gasteiger partial charge in [-0.05, 0) is 50.3 Å². The minimum atomic E-state index is -5.00. The first-order valence-electron chi connectivity index (χ1n) is 9.15. The Bertz CT molecular complexity index is 1080. The summed E-state index contributed by atoms with van der Waals surface area (Å²) in [6.45, 7) is 2.38. The van der Waals surface area contributed by atoms with Gasteiger partial charge in [0.2, 0.25) is 5.95 Å². The third-order valence-corrected chi connectivity index (χ3v) is 4.43. The molecule has 0 aliphatic heterocycles. The van der Waals surface area contributed by atoms with E-state index in [1.807, 2.05) is 25.9 Å². The molecule has 0 bridgehead atoms. The number of anilines is 2. The maximum atomic E-state index is 14.4. The molecule has 0 aliphatic rings. The molecular formula is C20H18F7N5. The summed E-state index contributed by atoms with van der Waals surface area (Å²) in [7, 11) is 3.71. The molecule has 2 heterocycles. The van der Waals surface area contributed by atoms with Gasteiger partial charge in [-0.15, -0.1) is 0 Å². The van der Waals surface area contributed by atoms with Crippen LogP contribution in [0.15, 0.2) is 36.8 Å². The van der Waals surface area contributed by atoms with Crippen LogP contribution in [0, 0.1) is 12.7 Å². The quantitative estimate of drug-likeness (QED) is 0.506. The van der Waals surface area contributed by atoms with Gasteiger partial charge < -0.3 is 14.8 Å². The molecule has 5 nitrogen and oxygen atoms in total. The van der Waals surface area contributed by atoms with Crippen molar-refractivity contribution in [3.05, 3.63) is 64.9 Å². The van der Waals surface area contributed by atoms with Gasteiger partial charge in [0.1, 0.15) is 0 Å². The Hall–Kier alpha value is -3.15. The molecule has 0 aliphatic carbocycles. The molecule has 0 saturated carbocycles. The van der Waals surface area contributed by atoms with Gasteiger partial charge in [0.05, 0.1) is 17.3 Å². The lowest BCUT2D eigenvalue weighted by Gasteiger charge is -2.15. The Morgan fingerprint density at radius 2 is 1.56 bits per heavy atom. The van der Waals surface area contributed by atoms with E-state index in [2.05, 4.69) is 15.3 Å². The molecule has 1 N–H and O–H groups in total. The fourth-order valence-corrected chi connectivity index (χ4v) is 2.98. The van der Waals surface area contributed by atoms with E-state index < -0.39 is 35.0 Å². The molecule has 12 heteroatoms. The molecule has 0 atom stereocenters. The highest BCUT2D eigenvalue weighted by Gasteiger charge is 2.37. The number of aromatic nitrogens is 3. The summed E-state index contributed by atoms with van der Waals surface area (Å²) < 4.78 is 94.1. The van der Waals surface area contributed by atoms with E-state index in [9.17, 15) is 30.7 Å². The van der Waals surface area contributed by atoms with E-state index in [1.165, 1.54) is 4.57 Å². The molecule has 3 rings (SSSR count). The maximum absolute atomic E-state index is 14.4. The van der Waals surface area contributed by atoms with Crippen LogP contribution in [-0.4, -0.2) is 33.5 Å². The van der Waals surface area contributed by atoms with Crippen LogP contribution in [0.2, 0.25) is 0 Å². The molecular weight excluding hydrogens is 443 g/mol. The maximum Gasteiger partial charge on any atom is 0.416 e. The van der Waals surface area contributed by atoms with Gasteiger partial charge in [-0.25, -0.2) is 9.37 Å². The van der Waals surface area contributed by atoms with Crippen molar-refractivity contribution in [2.45, 2.75) is 25.8 Å². The van der Waals surface area contributed by atoms with Gasteiger partial charge in [-0.3, -0.25) is 0 Å². The predicted octanol–water partition coefficient (Wildman–Crippen LogP) is 5.56. The Balaban J connectivity index is 1.99. The van der Waals surface area contributed by atoms with E-state index in [0.717, 1.165) is 17.3 Å². The molecule has 172 valence electrons. The van der Waals surface area contributed by atoms with Crippen molar-refractivity contribution in [3.8, 4) is 5.82 Å². The van der Waals surface area contributed by atoms with E-state index in [-0.39, 0.29) is 17.8 Å². The van der Waals surface area contributed by atoms with Gasteiger partial charge in [0.25, 0.3) is 0 Å². The van der Waals surface area contributed by atoms with Crippen molar-refractivity contribution < 1.29 is 30.7 Å². The van der Waals surface area contributed by atoms with Crippen molar-refractivity contribution >= 4 is 11.6 Å². The topological polar surface area (TPSA) is 46.0 Å². The first-order valence-corrected chi connectivity index (χ1v) is 9.15. The average Bonchev–Trinajstić information content (AvgIpc) is 3.01. The van der Waals surface area contributed by atoms with Crippen LogP contribution in [-0.2, 0) is 18.9 Å². The molecule has 32 heavy (non-hydrogen) atoms. The van der Waals surface area contributed by atoms with E-state index in [0.29, 0.717) is 18.7 Å². The van der Waals surface area contributed by atoms with Crippen molar-refractivity contribution in [3.63, 3.8) is 0 Å². The lowest BCUT2D eigenvalue weighted by atomic mass is 10.1. The lowest BCUT2D eigenvalue weighted by molar-refractivity contribution is -0.143. The zero-order valence-electron chi connectivity index (χ0n) is 17.1. The second-order valence-electron chi connectivity index (χ2n) is 7.40. The van der Waals surface area contributed by atoms with Crippen molar-refractivity contribution in [2.24, 2.45) is 0 Å². The summed E-state index contributed by atoms with van der Waals surface area (Å²) in [6.07, 6.45) is -5.98. The first-order chi connectivity index (χ1) is 14.7. The number of hydrogen-bond acceptors (Lipinski definition) is 4. The van der Waals surface area contributed by atoms with Crippen LogP contribution in [0.4, 0.5) is 42.4 Å². The second kappa shape index (κ2) is 8.41. The van der Waals surface area contributed by atoms with Gasteiger partial charge in [-0.2, -0.15) is 31.3 Å². The van der Waals surface area contributed by atoms with Gasteiger partial charge in [-0.1, -0.05) is 0 Å². The summed E-state index contributed by atoms with van der Waals surface area (Å²) >= 11 is 0. The third kappa shape index (κ3) is 5.36. The summed E-state index contributed by atoms with van der Waals surface area (Å²) in [4.78, 5) is 9.49. The summed E-state index contributed by atoms with van der Waals surface area (Å²) in [5.41, 5.74) is -1.80. The Morgan fingerprint density at radius 1 is 0.969 bits per heavy atom. The summed E-state index contributed by atoms with van der Waals surface area (Å²) in [5.74, 6) is -1.39. The Kier molecular flexibility index (Phi) is 6.18. The normalized spacial score (nSPS) is 12.5. The summed E-state index contributed by atoms with van der Waals surface area (Å²) in [6, 6.07) is 1.00. The molecule has 2 aromatic heterocycles. The van der Waals surface area contributed by atoms with Crippen LogP contribution in [0.1, 0.15) is 22.3 Å². The Labute approximate surface area is 178 Å². The zero-order chi connectivity index (χ0) is 23.8. The van der Waals surface area contributed by atoms with Crippen LogP contribution < -0.4 is 5.32 Å². The fraction of sp³-hybridized carbons (Fsp3) is 0.300. The molecule has 0 amide bonds. The van der Waals surface area contributed by atoms with Crippen molar-refractivity contribution in [2.75, 3.05) is 19.4 Å². The highest BCUT2D eigenvalue weighted by molar-refractivity contribution is 5.57. The molecule has 0 unspecified atom stereocenters. The fourth-order valence-electron chi connectivity index (χ4n) is 2.98. The number of benzene rings is 1. The molecule has 0 fully saturated rings. The molecule has 0 spiro atoms. The molecule has 1 aromatic carbocycles. The van der Waals surface area contributed by atoms with Crippen molar-refractivity contribution in [1.29, 1.82) is 0 Å². The van der Waals surface area contributed by atoms with Gasteiger partial charge in [0, 0.05) is 24.6 Å². The highest BCUT2D eigenvalue weighted by Crippen LogP contribution is 2.38. The first kappa shape index (κ1) is 23.5. The third-order valence-electron chi connectivity index (χ3n) is 4.43. The van der Waals surface area contributed by atoms with Crippen LogP contribution in [0.25, 0.3) is 5.82 Å². The standard InChI is InChI=1S/C20H18F7N5/c1-11-8-32(10-12(11)9-31(2)3)17-16(21)7-28-18(30-17)29-15-5-13(19(22,23)24)4-14(6-15)20(25,26)27/h4-8,10H,9H2,1-3H3,(H,28,29,30). The molecule has 3 aromatic rings. The van der Waals surface area contributed by atoms with Gasteiger partial charge >= 0.3 is 12.4 Å². The highest BCUT2D eigenvalue weighted by atomic mass is 19.4. The summed E-state index contributed by atoms with van der Waals surface area (Å²) in [5, 5.41) is 2.31. The zero-order valence-corrected chi connectivity index (χ0v) is 17.1. The minimum absolute atomic E-state index is 0.0109.